The molecule has 0 spiro atoms. The zero-order valence-electron chi connectivity index (χ0n) is 16.4. The van der Waals surface area contributed by atoms with E-state index in [-0.39, 0.29) is 11.7 Å². The van der Waals surface area contributed by atoms with Gasteiger partial charge in [0.15, 0.2) is 0 Å². The Bertz CT molecular complexity index is 1230. The third kappa shape index (κ3) is 4.18. The molecule has 0 bridgehead atoms. The molecule has 3 N–H and O–H groups in total. The van der Waals surface area contributed by atoms with Gasteiger partial charge in [-0.25, -0.2) is 10.1 Å². The van der Waals surface area contributed by atoms with E-state index in [1.54, 1.807) is 24.3 Å². The van der Waals surface area contributed by atoms with E-state index in [1.165, 1.54) is 10.9 Å². The van der Waals surface area contributed by atoms with E-state index in [0.717, 1.165) is 11.1 Å². The predicted octanol–water partition coefficient (Wildman–Crippen LogP) is 3.51. The molecule has 4 rings (SSSR count). The van der Waals surface area contributed by atoms with Crippen LogP contribution in [0.1, 0.15) is 27.0 Å². The van der Waals surface area contributed by atoms with Crippen molar-refractivity contribution < 1.29 is 4.79 Å². The van der Waals surface area contributed by atoms with Gasteiger partial charge < -0.3 is 5.73 Å². The first kappa shape index (κ1) is 19.6. The van der Waals surface area contributed by atoms with E-state index in [2.05, 4.69) is 15.6 Å². The fourth-order valence-electron chi connectivity index (χ4n) is 3.06. The van der Waals surface area contributed by atoms with Gasteiger partial charge in [0.2, 0.25) is 0 Å². The molecule has 0 unspecified atom stereocenters. The maximum atomic E-state index is 12.7. The third-order valence-corrected chi connectivity index (χ3v) is 4.66. The van der Waals surface area contributed by atoms with Crippen LogP contribution in [0.25, 0.3) is 5.69 Å². The van der Waals surface area contributed by atoms with Gasteiger partial charge in [0.25, 0.3) is 5.91 Å². The molecule has 3 aromatic carbocycles. The first-order chi connectivity index (χ1) is 15.2. The Morgan fingerprint density at radius 2 is 1.48 bits per heavy atom. The molecule has 1 amide bonds. The molecular formula is C24H18N6O. The number of hydrazone groups is 1. The predicted molar refractivity (Wildman–Crippen MR) is 119 cm³/mol. The fraction of sp³-hybridized carbons (Fsp3) is 0. The second-order valence-corrected chi connectivity index (χ2v) is 6.65. The number of amides is 1. The maximum absolute atomic E-state index is 12.7. The number of anilines is 1. The molecule has 1 heterocycles. The normalized spacial score (nSPS) is 10.2. The van der Waals surface area contributed by atoms with Crippen molar-refractivity contribution in [1.82, 2.24) is 15.2 Å². The van der Waals surface area contributed by atoms with Crippen LogP contribution in [0, 0.1) is 11.3 Å². The number of nitrogen functional groups attached to an aromatic ring is 1. The quantitative estimate of drug-likeness (QED) is 0.390. The average Bonchev–Trinajstić information content (AvgIpc) is 3.21. The number of nitrogens with zero attached hydrogens (tertiary/aromatic N) is 4. The highest BCUT2D eigenvalue weighted by molar-refractivity contribution is 6.13. The Balaban J connectivity index is 1.57. The molecule has 0 aliphatic rings. The van der Waals surface area contributed by atoms with Crippen LogP contribution >= 0.6 is 0 Å². The van der Waals surface area contributed by atoms with E-state index >= 15 is 0 Å². The van der Waals surface area contributed by atoms with Crippen molar-refractivity contribution in [1.29, 1.82) is 5.26 Å². The topological polar surface area (TPSA) is 109 Å². The molecule has 1 aromatic heterocycles. The zero-order valence-corrected chi connectivity index (χ0v) is 16.4. The zero-order chi connectivity index (χ0) is 21.6. The van der Waals surface area contributed by atoms with Crippen LogP contribution in [-0.2, 0) is 0 Å². The second kappa shape index (κ2) is 8.76. The smallest absolute Gasteiger partial charge is 0.271 e. The monoisotopic (exact) mass is 406 g/mol. The van der Waals surface area contributed by atoms with Gasteiger partial charge in [-0.05, 0) is 24.3 Å². The molecule has 0 aliphatic carbocycles. The number of hydrogen-bond acceptors (Lipinski definition) is 5. The van der Waals surface area contributed by atoms with Crippen molar-refractivity contribution in [3.05, 3.63) is 113 Å². The fourth-order valence-corrected chi connectivity index (χ4v) is 3.06. The number of hydrogen-bond donors (Lipinski definition) is 2. The molecule has 0 saturated heterocycles. The molecule has 0 atom stereocenters. The highest BCUT2D eigenvalue weighted by Gasteiger charge is 2.11. The van der Waals surface area contributed by atoms with Crippen LogP contribution in [0.3, 0.4) is 0 Å². The third-order valence-electron chi connectivity index (χ3n) is 4.66. The summed E-state index contributed by atoms with van der Waals surface area (Å²) in [5.74, 6) is -0.0956. The van der Waals surface area contributed by atoms with Crippen LogP contribution in [0.15, 0.2) is 96.2 Å². The van der Waals surface area contributed by atoms with Crippen LogP contribution in [0.5, 0.6) is 0 Å². The van der Waals surface area contributed by atoms with E-state index < -0.39 is 0 Å². The molecule has 7 heteroatoms. The van der Waals surface area contributed by atoms with E-state index in [1.807, 2.05) is 66.7 Å². The van der Waals surface area contributed by atoms with Crippen molar-refractivity contribution in [2.75, 3.05) is 5.73 Å². The lowest BCUT2D eigenvalue weighted by molar-refractivity contribution is 0.0955. The molecule has 31 heavy (non-hydrogen) atoms. The summed E-state index contributed by atoms with van der Waals surface area (Å²) < 4.78 is 1.45. The Labute approximate surface area is 179 Å². The van der Waals surface area contributed by atoms with E-state index in [9.17, 15) is 4.79 Å². The first-order valence-electron chi connectivity index (χ1n) is 9.50. The number of carbonyl (C=O) groups excluding carboxylic acids is 1. The summed E-state index contributed by atoms with van der Waals surface area (Å²) in [4.78, 5) is 12.7. The van der Waals surface area contributed by atoms with Crippen molar-refractivity contribution in [3.8, 4) is 11.8 Å². The molecule has 7 nitrogen and oxygen atoms in total. The minimum absolute atomic E-state index is 0.250. The summed E-state index contributed by atoms with van der Waals surface area (Å²) in [6, 6.07) is 28.0. The number of nitrogens with two attached hydrogens (primary N) is 1. The van der Waals surface area contributed by atoms with Gasteiger partial charge in [0.05, 0.1) is 17.6 Å². The number of nitriles is 1. The summed E-state index contributed by atoms with van der Waals surface area (Å²) in [7, 11) is 0. The Hall–Kier alpha value is -4.70. The number of carbonyl (C=O) groups is 1. The van der Waals surface area contributed by atoms with Gasteiger partial charge >= 0.3 is 0 Å². The summed E-state index contributed by atoms with van der Waals surface area (Å²) in [6.07, 6.45) is 1.40. The molecule has 4 aromatic rings. The average molecular weight is 406 g/mol. The lowest BCUT2D eigenvalue weighted by atomic mass is 10.0. The van der Waals surface area contributed by atoms with Crippen molar-refractivity contribution in [2.24, 2.45) is 5.10 Å². The lowest BCUT2D eigenvalue weighted by Crippen LogP contribution is -2.20. The van der Waals surface area contributed by atoms with Gasteiger partial charge in [-0.2, -0.15) is 15.5 Å². The largest absolute Gasteiger partial charge is 0.382 e. The molecule has 0 radical (unpaired) electrons. The number of rotatable bonds is 5. The minimum Gasteiger partial charge on any atom is -0.382 e. The summed E-state index contributed by atoms with van der Waals surface area (Å²) in [5, 5.41) is 17.5. The molecular weight excluding hydrogens is 388 g/mol. The summed E-state index contributed by atoms with van der Waals surface area (Å²) >= 11 is 0. The Kier molecular flexibility index (Phi) is 5.54. The number of aromatic nitrogens is 2. The van der Waals surface area contributed by atoms with Crippen molar-refractivity contribution in [2.45, 2.75) is 0 Å². The standard InChI is InChI=1S/C24H18N6O/c25-15-20-16-27-30(23(20)26)21-13-11-19(12-14-21)24(31)29-28-22(17-7-3-1-4-8-17)18-9-5-2-6-10-18/h1-14,16H,26H2,(H,29,31). The molecule has 150 valence electrons. The van der Waals surface area contributed by atoms with Gasteiger partial charge in [-0.1, -0.05) is 60.7 Å². The van der Waals surface area contributed by atoms with Crippen LogP contribution in [-0.4, -0.2) is 21.4 Å². The summed E-state index contributed by atoms with van der Waals surface area (Å²) in [5.41, 5.74) is 12.4. The van der Waals surface area contributed by atoms with Crippen molar-refractivity contribution in [3.63, 3.8) is 0 Å². The van der Waals surface area contributed by atoms with Crippen LogP contribution < -0.4 is 11.2 Å². The number of benzene rings is 3. The van der Waals surface area contributed by atoms with E-state index in [4.69, 9.17) is 11.0 Å². The maximum Gasteiger partial charge on any atom is 0.271 e. The van der Waals surface area contributed by atoms with Gasteiger partial charge in [0.1, 0.15) is 17.5 Å². The minimum atomic E-state index is -0.345. The van der Waals surface area contributed by atoms with Gasteiger partial charge in [-0.3, -0.25) is 4.79 Å². The highest BCUT2D eigenvalue weighted by atomic mass is 16.2. The Morgan fingerprint density at radius 1 is 0.903 bits per heavy atom. The van der Waals surface area contributed by atoms with E-state index in [0.29, 0.717) is 22.5 Å². The lowest BCUT2D eigenvalue weighted by Gasteiger charge is -2.09. The molecule has 0 aliphatic heterocycles. The highest BCUT2D eigenvalue weighted by Crippen LogP contribution is 2.17. The molecule has 0 saturated carbocycles. The molecule has 0 fully saturated rings. The first-order valence-corrected chi connectivity index (χ1v) is 9.50. The second-order valence-electron chi connectivity index (χ2n) is 6.65. The SMILES string of the molecule is N#Cc1cnn(-c2ccc(C(=O)NN=C(c3ccccc3)c3ccccc3)cc2)c1N. The van der Waals surface area contributed by atoms with Crippen LogP contribution in [0.4, 0.5) is 5.82 Å². The van der Waals surface area contributed by atoms with Gasteiger partial charge in [0, 0.05) is 16.7 Å². The van der Waals surface area contributed by atoms with Crippen LogP contribution in [0.2, 0.25) is 0 Å². The Morgan fingerprint density at radius 3 is 2.00 bits per heavy atom. The van der Waals surface area contributed by atoms with Crippen molar-refractivity contribution >= 4 is 17.4 Å². The number of nitrogens with one attached hydrogen (secondary N) is 1. The summed E-state index contributed by atoms with van der Waals surface area (Å²) in [6.45, 7) is 0. The van der Waals surface area contributed by atoms with Gasteiger partial charge in [-0.15, -0.1) is 0 Å².